The van der Waals surface area contributed by atoms with Gasteiger partial charge < -0.3 is 11.1 Å². The number of benzene rings is 1. The van der Waals surface area contributed by atoms with E-state index in [4.69, 9.17) is 5.73 Å². The van der Waals surface area contributed by atoms with Gasteiger partial charge in [0.2, 0.25) is 0 Å². The van der Waals surface area contributed by atoms with Crippen molar-refractivity contribution in [3.63, 3.8) is 0 Å². The lowest BCUT2D eigenvalue weighted by Gasteiger charge is -2.05. The summed E-state index contributed by atoms with van der Waals surface area (Å²) in [6.07, 6.45) is 2.43. The van der Waals surface area contributed by atoms with E-state index in [9.17, 15) is 14.9 Å². The Balaban J connectivity index is 0.00000324. The SMILES string of the molecule is CSc1ccc(C(=O)NCCCN)cc1[N+](=O)[O-].Cl. The standard InChI is InChI=1S/C11H15N3O3S.ClH/c1-18-10-4-3-8(7-9(10)14(16)17)11(15)13-6-2-5-12;/h3-4,7H,2,5-6,12H2,1H3,(H,13,15);1H. The molecule has 106 valence electrons. The van der Waals surface area contributed by atoms with E-state index in [1.54, 1.807) is 18.4 Å². The van der Waals surface area contributed by atoms with Gasteiger partial charge in [0, 0.05) is 18.2 Å². The highest BCUT2D eigenvalue weighted by molar-refractivity contribution is 7.98. The highest BCUT2D eigenvalue weighted by atomic mass is 35.5. The molecule has 1 rings (SSSR count). The van der Waals surface area contributed by atoms with Crippen LogP contribution in [-0.4, -0.2) is 30.2 Å². The lowest BCUT2D eigenvalue weighted by molar-refractivity contribution is -0.387. The summed E-state index contributed by atoms with van der Waals surface area (Å²) in [5.74, 6) is -0.320. The van der Waals surface area contributed by atoms with Crippen LogP contribution in [0.3, 0.4) is 0 Å². The van der Waals surface area contributed by atoms with Crippen LogP contribution >= 0.6 is 24.2 Å². The van der Waals surface area contributed by atoms with Crippen molar-refractivity contribution in [1.29, 1.82) is 0 Å². The minimum absolute atomic E-state index is 0. The molecule has 0 radical (unpaired) electrons. The fraction of sp³-hybridized carbons (Fsp3) is 0.364. The van der Waals surface area contributed by atoms with Crippen LogP contribution in [0.15, 0.2) is 23.1 Å². The fourth-order valence-electron chi connectivity index (χ4n) is 1.38. The quantitative estimate of drug-likeness (QED) is 0.361. The summed E-state index contributed by atoms with van der Waals surface area (Å²) < 4.78 is 0. The first kappa shape index (κ1) is 17.7. The Morgan fingerprint density at radius 1 is 1.53 bits per heavy atom. The number of hydrogen-bond acceptors (Lipinski definition) is 5. The lowest BCUT2D eigenvalue weighted by Crippen LogP contribution is -2.26. The molecule has 19 heavy (non-hydrogen) atoms. The molecule has 0 bridgehead atoms. The predicted molar refractivity (Wildman–Crippen MR) is 78.1 cm³/mol. The zero-order chi connectivity index (χ0) is 13.5. The smallest absolute Gasteiger partial charge is 0.283 e. The molecule has 0 saturated heterocycles. The molecular weight excluding hydrogens is 290 g/mol. The highest BCUT2D eigenvalue weighted by Crippen LogP contribution is 2.28. The average Bonchev–Trinajstić information content (AvgIpc) is 2.38. The van der Waals surface area contributed by atoms with Crippen molar-refractivity contribution in [2.24, 2.45) is 5.73 Å². The molecule has 0 aromatic heterocycles. The average molecular weight is 306 g/mol. The van der Waals surface area contributed by atoms with E-state index in [-0.39, 0.29) is 29.6 Å². The first-order valence-corrected chi connectivity index (χ1v) is 6.63. The maximum absolute atomic E-state index is 11.7. The fourth-order valence-corrected chi connectivity index (χ4v) is 1.93. The minimum atomic E-state index is -0.484. The molecule has 3 N–H and O–H groups in total. The van der Waals surface area contributed by atoms with Gasteiger partial charge in [0.15, 0.2) is 0 Å². The number of nitro groups is 1. The third-order valence-corrected chi connectivity index (χ3v) is 3.09. The van der Waals surface area contributed by atoms with E-state index in [1.807, 2.05) is 0 Å². The van der Waals surface area contributed by atoms with E-state index < -0.39 is 4.92 Å². The third kappa shape index (κ3) is 5.06. The summed E-state index contributed by atoms with van der Waals surface area (Å²) >= 11 is 1.28. The maximum atomic E-state index is 11.7. The molecular formula is C11H16ClN3O3S. The van der Waals surface area contributed by atoms with Crippen LogP contribution in [-0.2, 0) is 0 Å². The number of nitrogens with zero attached hydrogens (tertiary/aromatic N) is 1. The molecule has 0 unspecified atom stereocenters. The third-order valence-electron chi connectivity index (χ3n) is 2.30. The zero-order valence-electron chi connectivity index (χ0n) is 10.4. The largest absolute Gasteiger partial charge is 0.352 e. The molecule has 0 aliphatic rings. The summed E-state index contributed by atoms with van der Waals surface area (Å²) in [5, 5.41) is 13.5. The number of halogens is 1. The summed E-state index contributed by atoms with van der Waals surface area (Å²) in [4.78, 5) is 22.6. The van der Waals surface area contributed by atoms with Gasteiger partial charge >= 0.3 is 0 Å². The van der Waals surface area contributed by atoms with Crippen molar-refractivity contribution in [1.82, 2.24) is 5.32 Å². The summed E-state index contributed by atoms with van der Waals surface area (Å²) in [7, 11) is 0. The molecule has 0 aliphatic carbocycles. The summed E-state index contributed by atoms with van der Waals surface area (Å²) in [5.41, 5.74) is 5.55. The van der Waals surface area contributed by atoms with Crippen LogP contribution in [0.1, 0.15) is 16.8 Å². The van der Waals surface area contributed by atoms with Crippen LogP contribution in [0, 0.1) is 10.1 Å². The van der Waals surface area contributed by atoms with Crippen LogP contribution in [0.2, 0.25) is 0 Å². The van der Waals surface area contributed by atoms with Crippen LogP contribution in [0.4, 0.5) is 5.69 Å². The molecule has 1 amide bonds. The van der Waals surface area contributed by atoms with Gasteiger partial charge in [-0.3, -0.25) is 14.9 Å². The normalized spacial score (nSPS) is 9.58. The van der Waals surface area contributed by atoms with Crippen molar-refractivity contribution >= 4 is 35.8 Å². The number of rotatable bonds is 6. The second-order valence-corrected chi connectivity index (χ2v) is 4.39. The predicted octanol–water partition coefficient (Wildman–Crippen LogP) is 1.82. The number of nitrogens with one attached hydrogen (secondary N) is 1. The van der Waals surface area contributed by atoms with Gasteiger partial charge in [-0.2, -0.15) is 0 Å². The van der Waals surface area contributed by atoms with E-state index in [0.29, 0.717) is 24.4 Å². The van der Waals surface area contributed by atoms with Crippen molar-refractivity contribution in [2.75, 3.05) is 19.3 Å². The second-order valence-electron chi connectivity index (χ2n) is 3.54. The Morgan fingerprint density at radius 3 is 2.74 bits per heavy atom. The molecule has 6 nitrogen and oxygen atoms in total. The van der Waals surface area contributed by atoms with Crippen molar-refractivity contribution in [3.05, 3.63) is 33.9 Å². The van der Waals surface area contributed by atoms with Crippen LogP contribution in [0.5, 0.6) is 0 Å². The molecule has 0 saturated carbocycles. The van der Waals surface area contributed by atoms with E-state index in [0.717, 1.165) is 0 Å². The van der Waals surface area contributed by atoms with E-state index >= 15 is 0 Å². The Bertz CT molecular complexity index is 457. The lowest BCUT2D eigenvalue weighted by atomic mass is 10.2. The van der Waals surface area contributed by atoms with E-state index in [1.165, 1.54) is 17.8 Å². The van der Waals surface area contributed by atoms with E-state index in [2.05, 4.69) is 5.32 Å². The number of amides is 1. The molecule has 1 aromatic carbocycles. The van der Waals surface area contributed by atoms with Gasteiger partial charge in [0.25, 0.3) is 11.6 Å². The summed E-state index contributed by atoms with van der Waals surface area (Å²) in [6, 6.07) is 4.46. The minimum Gasteiger partial charge on any atom is -0.352 e. The molecule has 1 aromatic rings. The number of carbonyl (C=O) groups is 1. The number of hydrogen-bond donors (Lipinski definition) is 2. The summed E-state index contributed by atoms with van der Waals surface area (Å²) in [6.45, 7) is 0.958. The number of carbonyl (C=O) groups excluding carboxylic acids is 1. The number of nitro benzene ring substituents is 1. The van der Waals surface area contributed by atoms with Crippen molar-refractivity contribution in [3.8, 4) is 0 Å². The monoisotopic (exact) mass is 305 g/mol. The molecule has 0 atom stereocenters. The Morgan fingerprint density at radius 2 is 2.21 bits per heavy atom. The highest BCUT2D eigenvalue weighted by Gasteiger charge is 2.16. The zero-order valence-corrected chi connectivity index (χ0v) is 12.1. The Hall–Kier alpha value is -1.31. The van der Waals surface area contributed by atoms with Crippen molar-refractivity contribution < 1.29 is 9.72 Å². The maximum Gasteiger partial charge on any atom is 0.283 e. The molecule has 8 heteroatoms. The van der Waals surface area contributed by atoms with Gasteiger partial charge in [-0.25, -0.2) is 0 Å². The van der Waals surface area contributed by atoms with Gasteiger partial charge in [-0.05, 0) is 31.4 Å². The van der Waals surface area contributed by atoms with Crippen molar-refractivity contribution in [2.45, 2.75) is 11.3 Å². The van der Waals surface area contributed by atoms with Gasteiger partial charge in [-0.15, -0.1) is 24.2 Å². The number of nitrogens with two attached hydrogens (primary N) is 1. The van der Waals surface area contributed by atoms with Gasteiger partial charge in [0.05, 0.1) is 9.82 Å². The van der Waals surface area contributed by atoms with Gasteiger partial charge in [0.1, 0.15) is 0 Å². The van der Waals surface area contributed by atoms with Crippen LogP contribution in [0.25, 0.3) is 0 Å². The second kappa shape index (κ2) is 8.73. The molecule has 0 fully saturated rings. The Labute approximate surface area is 121 Å². The molecule has 0 spiro atoms. The van der Waals surface area contributed by atoms with Crippen LogP contribution < -0.4 is 11.1 Å². The molecule has 0 heterocycles. The topological polar surface area (TPSA) is 98.3 Å². The Kier molecular flexibility index (Phi) is 8.13. The molecule has 0 aliphatic heterocycles. The first-order valence-electron chi connectivity index (χ1n) is 5.41. The first-order chi connectivity index (χ1) is 8.60. The number of thioether (sulfide) groups is 1. The van der Waals surface area contributed by atoms with Gasteiger partial charge in [-0.1, -0.05) is 0 Å².